The summed E-state index contributed by atoms with van der Waals surface area (Å²) in [5.74, 6) is -0.0106. The van der Waals surface area contributed by atoms with E-state index in [0.717, 1.165) is 36.6 Å². The fourth-order valence-electron chi connectivity index (χ4n) is 2.62. The molecule has 1 aliphatic rings. The zero-order chi connectivity index (χ0) is 13.2. The van der Waals surface area contributed by atoms with E-state index in [9.17, 15) is 4.79 Å². The summed E-state index contributed by atoms with van der Waals surface area (Å²) in [4.78, 5) is 12.2. The number of carbonyl (C=O) groups excluding carboxylic acids is 1. The Morgan fingerprint density at radius 3 is 2.89 bits per heavy atom. The van der Waals surface area contributed by atoms with Gasteiger partial charge in [-0.2, -0.15) is 5.10 Å². The van der Waals surface area contributed by atoms with Crippen LogP contribution in [0.5, 0.6) is 0 Å². The van der Waals surface area contributed by atoms with Crippen LogP contribution in [0.15, 0.2) is 24.4 Å². The van der Waals surface area contributed by atoms with Crippen molar-refractivity contribution in [3.8, 4) is 0 Å². The number of nitrogens with zero attached hydrogens (tertiary/aromatic N) is 1. The first-order valence-electron chi connectivity index (χ1n) is 6.72. The van der Waals surface area contributed by atoms with Crippen LogP contribution in [0.3, 0.4) is 0 Å². The van der Waals surface area contributed by atoms with Gasteiger partial charge in [0.15, 0.2) is 0 Å². The van der Waals surface area contributed by atoms with Crippen molar-refractivity contribution in [2.45, 2.75) is 37.8 Å². The molecule has 1 amide bonds. The van der Waals surface area contributed by atoms with Crippen molar-refractivity contribution in [3.63, 3.8) is 0 Å². The maximum Gasteiger partial charge on any atom is 0.251 e. The molecule has 0 radical (unpaired) electrons. The Morgan fingerprint density at radius 1 is 1.32 bits per heavy atom. The summed E-state index contributed by atoms with van der Waals surface area (Å²) in [5.41, 5.74) is 7.49. The predicted molar refractivity (Wildman–Crippen MR) is 73.8 cm³/mol. The number of hydrogen-bond donors (Lipinski definition) is 3. The van der Waals surface area contributed by atoms with Gasteiger partial charge in [-0.3, -0.25) is 9.89 Å². The highest BCUT2D eigenvalue weighted by molar-refractivity contribution is 5.97. The van der Waals surface area contributed by atoms with Crippen molar-refractivity contribution in [3.05, 3.63) is 30.0 Å². The second-order valence-electron chi connectivity index (χ2n) is 5.26. The van der Waals surface area contributed by atoms with Crippen molar-refractivity contribution >= 4 is 16.8 Å². The number of carbonyl (C=O) groups is 1. The average Bonchev–Trinajstić information content (AvgIpc) is 2.88. The van der Waals surface area contributed by atoms with E-state index < -0.39 is 0 Å². The molecule has 0 saturated heterocycles. The smallest absolute Gasteiger partial charge is 0.251 e. The van der Waals surface area contributed by atoms with E-state index in [1.807, 2.05) is 18.2 Å². The van der Waals surface area contributed by atoms with E-state index in [1.54, 1.807) is 6.20 Å². The summed E-state index contributed by atoms with van der Waals surface area (Å²) in [6, 6.07) is 6.13. The molecule has 5 nitrogen and oxygen atoms in total. The van der Waals surface area contributed by atoms with Crippen LogP contribution < -0.4 is 11.1 Å². The largest absolute Gasteiger partial charge is 0.349 e. The maximum absolute atomic E-state index is 12.2. The van der Waals surface area contributed by atoms with Gasteiger partial charge in [-0.1, -0.05) is 0 Å². The molecule has 0 spiro atoms. The molecule has 4 N–H and O–H groups in total. The molecule has 1 heterocycles. The van der Waals surface area contributed by atoms with Gasteiger partial charge in [0, 0.05) is 23.0 Å². The molecule has 0 unspecified atom stereocenters. The van der Waals surface area contributed by atoms with Gasteiger partial charge in [-0.15, -0.1) is 0 Å². The lowest BCUT2D eigenvalue weighted by molar-refractivity contribution is 0.0926. The SMILES string of the molecule is NC1CCC(NC(=O)c2ccc3[nH]ncc3c2)CC1. The van der Waals surface area contributed by atoms with Crippen molar-refractivity contribution in [2.24, 2.45) is 5.73 Å². The van der Waals surface area contributed by atoms with Crippen LogP contribution in [0.25, 0.3) is 10.9 Å². The number of aromatic amines is 1. The third-order valence-electron chi connectivity index (χ3n) is 3.81. The molecule has 5 heteroatoms. The fraction of sp³-hybridized carbons (Fsp3) is 0.429. The number of nitrogens with one attached hydrogen (secondary N) is 2. The lowest BCUT2D eigenvalue weighted by Crippen LogP contribution is -2.40. The summed E-state index contributed by atoms with van der Waals surface area (Å²) >= 11 is 0. The molecule has 1 aromatic heterocycles. The molecule has 1 saturated carbocycles. The molecule has 3 rings (SSSR count). The van der Waals surface area contributed by atoms with Crippen molar-refractivity contribution in [2.75, 3.05) is 0 Å². The Morgan fingerprint density at radius 2 is 2.11 bits per heavy atom. The van der Waals surface area contributed by atoms with Gasteiger partial charge < -0.3 is 11.1 Å². The number of nitrogens with two attached hydrogens (primary N) is 1. The maximum atomic E-state index is 12.2. The number of amides is 1. The van der Waals surface area contributed by atoms with Crippen molar-refractivity contribution in [1.82, 2.24) is 15.5 Å². The number of aromatic nitrogens is 2. The molecule has 100 valence electrons. The molecule has 2 aromatic rings. The van der Waals surface area contributed by atoms with Crippen LogP contribution in [-0.4, -0.2) is 28.2 Å². The predicted octanol–water partition coefficient (Wildman–Crippen LogP) is 1.56. The number of benzene rings is 1. The molecule has 0 atom stereocenters. The van der Waals surface area contributed by atoms with Crippen LogP contribution in [0.2, 0.25) is 0 Å². The number of H-pyrrole nitrogens is 1. The molecular formula is C14H18N4O. The van der Waals surface area contributed by atoms with Crippen LogP contribution in [0.1, 0.15) is 36.0 Å². The summed E-state index contributed by atoms with van der Waals surface area (Å²) in [6.45, 7) is 0. The fourth-order valence-corrected chi connectivity index (χ4v) is 2.62. The molecule has 1 aliphatic carbocycles. The van der Waals surface area contributed by atoms with Gasteiger partial charge in [0.2, 0.25) is 0 Å². The second-order valence-corrected chi connectivity index (χ2v) is 5.26. The molecule has 1 aromatic carbocycles. The third-order valence-corrected chi connectivity index (χ3v) is 3.81. The quantitative estimate of drug-likeness (QED) is 0.764. The van der Waals surface area contributed by atoms with Gasteiger partial charge in [0.05, 0.1) is 11.7 Å². The van der Waals surface area contributed by atoms with Crippen LogP contribution >= 0.6 is 0 Å². The summed E-state index contributed by atoms with van der Waals surface area (Å²) < 4.78 is 0. The zero-order valence-corrected chi connectivity index (χ0v) is 10.7. The Hall–Kier alpha value is -1.88. The van der Waals surface area contributed by atoms with Crippen LogP contribution in [0.4, 0.5) is 0 Å². The van der Waals surface area contributed by atoms with Gasteiger partial charge in [-0.25, -0.2) is 0 Å². The highest BCUT2D eigenvalue weighted by atomic mass is 16.1. The molecular weight excluding hydrogens is 240 g/mol. The number of hydrogen-bond acceptors (Lipinski definition) is 3. The van der Waals surface area contributed by atoms with Crippen molar-refractivity contribution in [1.29, 1.82) is 0 Å². The van der Waals surface area contributed by atoms with Gasteiger partial charge in [0.25, 0.3) is 5.91 Å². The highest BCUT2D eigenvalue weighted by Crippen LogP contribution is 2.18. The Balaban J connectivity index is 1.69. The number of rotatable bonds is 2. The summed E-state index contributed by atoms with van der Waals surface area (Å²) in [5, 5.41) is 10.9. The topological polar surface area (TPSA) is 83.8 Å². The van der Waals surface area contributed by atoms with Gasteiger partial charge in [-0.05, 0) is 43.9 Å². The van der Waals surface area contributed by atoms with E-state index in [1.165, 1.54) is 0 Å². The van der Waals surface area contributed by atoms with Crippen LogP contribution in [-0.2, 0) is 0 Å². The minimum atomic E-state index is -0.0106. The third kappa shape index (κ3) is 2.61. The first-order chi connectivity index (χ1) is 9.22. The standard InChI is InChI=1S/C14H18N4O/c15-11-2-4-12(5-3-11)17-14(19)9-1-6-13-10(7-9)8-16-18-13/h1,6-8,11-12H,2-5,15H2,(H,16,18)(H,17,19). The Bertz CT molecular complexity index is 584. The van der Waals surface area contributed by atoms with Crippen molar-refractivity contribution < 1.29 is 4.79 Å². The van der Waals surface area contributed by atoms with Gasteiger partial charge in [0.1, 0.15) is 0 Å². The zero-order valence-electron chi connectivity index (χ0n) is 10.7. The van der Waals surface area contributed by atoms with E-state index in [2.05, 4.69) is 15.5 Å². The molecule has 19 heavy (non-hydrogen) atoms. The monoisotopic (exact) mass is 258 g/mol. The molecule has 1 fully saturated rings. The number of fused-ring (bicyclic) bond motifs is 1. The minimum absolute atomic E-state index is 0.0106. The van der Waals surface area contributed by atoms with Gasteiger partial charge >= 0.3 is 0 Å². The molecule has 0 aliphatic heterocycles. The van der Waals surface area contributed by atoms with Crippen LogP contribution in [0, 0.1) is 0 Å². The highest BCUT2D eigenvalue weighted by Gasteiger charge is 2.20. The first-order valence-corrected chi connectivity index (χ1v) is 6.72. The van der Waals surface area contributed by atoms with E-state index in [0.29, 0.717) is 11.6 Å². The van der Waals surface area contributed by atoms with E-state index in [-0.39, 0.29) is 11.9 Å². The average molecular weight is 258 g/mol. The van der Waals surface area contributed by atoms with E-state index >= 15 is 0 Å². The summed E-state index contributed by atoms with van der Waals surface area (Å²) in [6.07, 6.45) is 5.66. The normalized spacial score (nSPS) is 23.4. The second kappa shape index (κ2) is 5.01. The first kappa shape index (κ1) is 12.2. The molecule has 0 bridgehead atoms. The lowest BCUT2D eigenvalue weighted by atomic mass is 9.91. The Kier molecular flexibility index (Phi) is 3.21. The minimum Gasteiger partial charge on any atom is -0.349 e. The Labute approximate surface area is 111 Å². The summed E-state index contributed by atoms with van der Waals surface area (Å²) in [7, 11) is 0. The van der Waals surface area contributed by atoms with E-state index in [4.69, 9.17) is 5.73 Å². The lowest BCUT2D eigenvalue weighted by Gasteiger charge is -2.26.